The highest BCUT2D eigenvalue weighted by Gasteiger charge is 2.37. The van der Waals surface area contributed by atoms with Gasteiger partial charge in [0.15, 0.2) is 0 Å². The Morgan fingerprint density at radius 2 is 2.00 bits per heavy atom. The van der Waals surface area contributed by atoms with Crippen LogP contribution < -0.4 is 9.62 Å². The van der Waals surface area contributed by atoms with Crippen LogP contribution >= 0.6 is 0 Å². The van der Waals surface area contributed by atoms with Crippen LogP contribution in [0.25, 0.3) is 10.9 Å². The van der Waals surface area contributed by atoms with Crippen molar-refractivity contribution in [2.24, 2.45) is 0 Å². The molecule has 0 spiro atoms. The summed E-state index contributed by atoms with van der Waals surface area (Å²) >= 11 is 0. The van der Waals surface area contributed by atoms with Crippen molar-refractivity contribution in [3.05, 3.63) is 35.5 Å². The van der Waals surface area contributed by atoms with Crippen LogP contribution in [-0.4, -0.2) is 37.8 Å². The molecule has 1 saturated carbocycles. The standard InChI is InChI=1S/C19H25N3O2S/c1-3-16-13(2)20-18-7-5-4-6-17(18)19(16)22-11-10-15(12-22)25(23,24)21-14-8-9-14/h4-7,14-15,21H,3,8-12H2,1-2H3. The van der Waals surface area contributed by atoms with E-state index in [1.165, 1.54) is 11.3 Å². The first-order chi connectivity index (χ1) is 12.0. The third-order valence-electron chi connectivity index (χ3n) is 5.33. The van der Waals surface area contributed by atoms with Gasteiger partial charge in [0.2, 0.25) is 10.0 Å². The van der Waals surface area contributed by atoms with Crippen molar-refractivity contribution in [1.82, 2.24) is 9.71 Å². The Morgan fingerprint density at radius 1 is 1.24 bits per heavy atom. The normalized spacial score (nSPS) is 21.2. The molecule has 1 N–H and O–H groups in total. The van der Waals surface area contributed by atoms with Crippen LogP contribution in [0.15, 0.2) is 24.3 Å². The Balaban J connectivity index is 1.70. The second-order valence-electron chi connectivity index (χ2n) is 7.19. The third-order valence-corrected chi connectivity index (χ3v) is 7.26. The number of para-hydroxylation sites is 1. The summed E-state index contributed by atoms with van der Waals surface area (Å²) in [6.07, 6.45) is 3.53. The molecule has 1 aliphatic carbocycles. The second-order valence-corrected chi connectivity index (χ2v) is 9.18. The third kappa shape index (κ3) is 3.13. The molecule has 1 atom stereocenters. The zero-order valence-corrected chi connectivity index (χ0v) is 15.6. The van der Waals surface area contributed by atoms with Crippen LogP contribution in [0.2, 0.25) is 0 Å². The zero-order valence-electron chi connectivity index (χ0n) is 14.8. The summed E-state index contributed by atoms with van der Waals surface area (Å²) in [5, 5.41) is 0.795. The lowest BCUT2D eigenvalue weighted by Crippen LogP contribution is -2.37. The Morgan fingerprint density at radius 3 is 2.72 bits per heavy atom. The van der Waals surface area contributed by atoms with Crippen molar-refractivity contribution in [2.45, 2.75) is 50.8 Å². The molecule has 0 radical (unpaired) electrons. The molecule has 2 aromatic rings. The molecule has 2 fully saturated rings. The highest BCUT2D eigenvalue weighted by Crippen LogP contribution is 2.35. The number of fused-ring (bicyclic) bond motifs is 1. The van der Waals surface area contributed by atoms with Crippen molar-refractivity contribution < 1.29 is 8.42 Å². The SMILES string of the molecule is CCc1c(C)nc2ccccc2c1N1CCC(S(=O)(=O)NC2CC2)C1. The van der Waals surface area contributed by atoms with Crippen molar-refractivity contribution in [3.63, 3.8) is 0 Å². The minimum Gasteiger partial charge on any atom is -0.369 e. The van der Waals surface area contributed by atoms with E-state index in [9.17, 15) is 8.42 Å². The van der Waals surface area contributed by atoms with Crippen LogP contribution in [0.5, 0.6) is 0 Å². The molecule has 2 aliphatic rings. The number of anilines is 1. The van der Waals surface area contributed by atoms with Crippen LogP contribution in [0, 0.1) is 6.92 Å². The number of hydrogen-bond donors (Lipinski definition) is 1. The number of nitrogens with one attached hydrogen (secondary N) is 1. The predicted molar refractivity (Wildman–Crippen MR) is 102 cm³/mol. The first kappa shape index (κ1) is 16.8. The zero-order chi connectivity index (χ0) is 17.6. The van der Waals surface area contributed by atoms with Gasteiger partial charge in [-0.2, -0.15) is 0 Å². The van der Waals surface area contributed by atoms with Gasteiger partial charge in [-0.05, 0) is 44.2 Å². The van der Waals surface area contributed by atoms with Crippen molar-refractivity contribution in [1.29, 1.82) is 0 Å². The maximum atomic E-state index is 12.6. The molecule has 4 rings (SSSR count). The molecule has 0 bridgehead atoms. The maximum absolute atomic E-state index is 12.6. The summed E-state index contributed by atoms with van der Waals surface area (Å²) in [7, 11) is -3.23. The second kappa shape index (κ2) is 6.25. The molecule has 1 unspecified atom stereocenters. The number of benzene rings is 1. The minimum absolute atomic E-state index is 0.175. The Hall–Kier alpha value is -1.66. The number of pyridine rings is 1. The highest BCUT2D eigenvalue weighted by atomic mass is 32.2. The molecule has 5 nitrogen and oxygen atoms in total. The number of rotatable bonds is 5. The van der Waals surface area contributed by atoms with Crippen molar-refractivity contribution in [3.8, 4) is 0 Å². The van der Waals surface area contributed by atoms with Gasteiger partial charge >= 0.3 is 0 Å². The van der Waals surface area contributed by atoms with E-state index < -0.39 is 10.0 Å². The molecule has 2 heterocycles. The van der Waals surface area contributed by atoms with Gasteiger partial charge in [0.25, 0.3) is 0 Å². The largest absolute Gasteiger partial charge is 0.369 e. The molecule has 6 heteroatoms. The van der Waals surface area contributed by atoms with Crippen LogP contribution in [0.3, 0.4) is 0 Å². The van der Waals surface area contributed by atoms with Crippen LogP contribution in [0.4, 0.5) is 5.69 Å². The Labute approximate surface area is 149 Å². The number of hydrogen-bond acceptors (Lipinski definition) is 4. The first-order valence-electron chi connectivity index (χ1n) is 9.14. The van der Waals surface area contributed by atoms with Crippen LogP contribution in [0.1, 0.15) is 37.4 Å². The number of aromatic nitrogens is 1. The number of sulfonamides is 1. The van der Waals surface area contributed by atoms with E-state index in [1.54, 1.807) is 0 Å². The van der Waals surface area contributed by atoms with Crippen molar-refractivity contribution >= 4 is 26.6 Å². The Bertz CT molecular complexity index is 906. The van der Waals surface area contributed by atoms with E-state index in [0.29, 0.717) is 13.0 Å². The fraction of sp³-hybridized carbons (Fsp3) is 0.526. The molecular weight excluding hydrogens is 334 g/mol. The summed E-state index contributed by atoms with van der Waals surface area (Å²) in [5.41, 5.74) is 4.43. The van der Waals surface area contributed by atoms with Gasteiger partial charge < -0.3 is 4.90 Å². The monoisotopic (exact) mass is 359 g/mol. The summed E-state index contributed by atoms with van der Waals surface area (Å²) in [4.78, 5) is 6.99. The molecular formula is C19H25N3O2S. The lowest BCUT2D eigenvalue weighted by molar-refractivity contribution is 0.568. The van der Waals surface area contributed by atoms with E-state index in [-0.39, 0.29) is 11.3 Å². The maximum Gasteiger partial charge on any atom is 0.216 e. The fourth-order valence-electron chi connectivity index (χ4n) is 3.85. The summed E-state index contributed by atoms with van der Waals surface area (Å²) in [6.45, 7) is 5.52. The fourth-order valence-corrected chi connectivity index (χ4v) is 5.54. The highest BCUT2D eigenvalue weighted by molar-refractivity contribution is 7.90. The number of aryl methyl sites for hydroxylation is 1. The molecule has 1 aromatic carbocycles. The molecule has 1 saturated heterocycles. The van der Waals surface area contributed by atoms with Gasteiger partial charge in [-0.1, -0.05) is 25.1 Å². The average Bonchev–Trinajstić information content (AvgIpc) is 3.24. The lowest BCUT2D eigenvalue weighted by Gasteiger charge is -2.25. The average molecular weight is 359 g/mol. The van der Waals surface area contributed by atoms with Gasteiger partial charge in [0.05, 0.1) is 16.5 Å². The minimum atomic E-state index is -3.23. The summed E-state index contributed by atoms with van der Waals surface area (Å²) < 4.78 is 28.0. The van der Waals surface area contributed by atoms with E-state index >= 15 is 0 Å². The van der Waals surface area contributed by atoms with Gasteiger partial charge in [-0.15, -0.1) is 0 Å². The quantitative estimate of drug-likeness (QED) is 0.892. The Kier molecular flexibility index (Phi) is 4.20. The molecule has 134 valence electrons. The summed E-state index contributed by atoms with van der Waals surface area (Å²) in [6, 6.07) is 8.33. The summed E-state index contributed by atoms with van der Waals surface area (Å²) in [5.74, 6) is 0. The van der Waals surface area contributed by atoms with E-state index in [0.717, 1.165) is 42.4 Å². The van der Waals surface area contributed by atoms with Gasteiger partial charge in [0, 0.05) is 30.2 Å². The smallest absolute Gasteiger partial charge is 0.216 e. The molecule has 1 aromatic heterocycles. The van der Waals surface area contributed by atoms with Crippen molar-refractivity contribution in [2.75, 3.05) is 18.0 Å². The lowest BCUT2D eigenvalue weighted by atomic mass is 10.0. The number of nitrogens with zero attached hydrogens (tertiary/aromatic N) is 2. The molecule has 1 aliphatic heterocycles. The van der Waals surface area contributed by atoms with E-state index in [4.69, 9.17) is 4.98 Å². The van der Waals surface area contributed by atoms with Crippen LogP contribution in [-0.2, 0) is 16.4 Å². The van der Waals surface area contributed by atoms with Gasteiger partial charge in [-0.3, -0.25) is 4.98 Å². The first-order valence-corrected chi connectivity index (χ1v) is 10.7. The van der Waals surface area contributed by atoms with E-state index in [1.807, 2.05) is 25.1 Å². The molecule has 0 amide bonds. The topological polar surface area (TPSA) is 62.3 Å². The van der Waals surface area contributed by atoms with Gasteiger partial charge in [-0.25, -0.2) is 13.1 Å². The predicted octanol–water partition coefficient (Wildman–Crippen LogP) is 2.77. The molecule has 25 heavy (non-hydrogen) atoms. The van der Waals surface area contributed by atoms with E-state index in [2.05, 4.69) is 22.6 Å². The van der Waals surface area contributed by atoms with Gasteiger partial charge in [0.1, 0.15) is 0 Å².